The van der Waals surface area contributed by atoms with Crippen LogP contribution in [-0.4, -0.2) is 40.0 Å². The van der Waals surface area contributed by atoms with E-state index in [1.54, 1.807) is 24.0 Å². The van der Waals surface area contributed by atoms with Crippen LogP contribution in [-0.2, 0) is 0 Å². The Kier molecular flexibility index (Phi) is 6.46. The highest BCUT2D eigenvalue weighted by Crippen LogP contribution is 2.33. The summed E-state index contributed by atoms with van der Waals surface area (Å²) in [5, 5.41) is 8.93. The van der Waals surface area contributed by atoms with Gasteiger partial charge in [0.1, 0.15) is 17.1 Å². The Morgan fingerprint density at radius 2 is 1.94 bits per heavy atom. The van der Waals surface area contributed by atoms with Gasteiger partial charge in [-0.3, -0.25) is 9.48 Å². The van der Waals surface area contributed by atoms with E-state index in [9.17, 15) is 4.79 Å². The number of carbonyl (C=O) groups excluding carboxylic acids is 1. The number of carbonyl (C=O) groups is 1. The van der Waals surface area contributed by atoms with Crippen LogP contribution in [0.1, 0.15) is 47.8 Å². The van der Waals surface area contributed by atoms with E-state index in [4.69, 9.17) is 21.3 Å². The van der Waals surface area contributed by atoms with E-state index < -0.39 is 0 Å². The lowest BCUT2D eigenvalue weighted by Crippen LogP contribution is -2.29. The summed E-state index contributed by atoms with van der Waals surface area (Å²) in [7, 11) is 1.66. The van der Waals surface area contributed by atoms with Crippen molar-refractivity contribution in [1.29, 1.82) is 0 Å². The second-order valence-corrected chi connectivity index (χ2v) is 7.75. The molecule has 2 heterocycles. The lowest BCUT2D eigenvalue weighted by Gasteiger charge is -2.27. The highest BCUT2D eigenvalue weighted by atomic mass is 16.5. The molecular formula is C23H27N7O2. The minimum Gasteiger partial charge on any atom is -0.439 e. The predicted octanol–water partition coefficient (Wildman–Crippen LogP) is 2.83. The van der Waals surface area contributed by atoms with E-state index in [1.807, 2.05) is 36.4 Å². The van der Waals surface area contributed by atoms with E-state index in [2.05, 4.69) is 15.5 Å². The molecule has 32 heavy (non-hydrogen) atoms. The standard InChI is InChI=1S/C23H27N7O2/c1-26-28-23(25)21-19(14-31)30(17-9-7-16(24)8-10-17)29-22(21)15-5-11-18(12-6-15)32-20-4-2-3-13-27-20/h2-6,11-14,16-17,26H,7-10,24H2,1H3,(H2,25,28). The Hall–Kier alpha value is -3.72. The summed E-state index contributed by atoms with van der Waals surface area (Å²) in [4.78, 5) is 16.3. The van der Waals surface area contributed by atoms with E-state index in [0.29, 0.717) is 28.6 Å². The fraction of sp³-hybridized carbons (Fsp3) is 0.304. The van der Waals surface area contributed by atoms with Gasteiger partial charge in [0.25, 0.3) is 0 Å². The number of hydrogen-bond donors (Lipinski definition) is 3. The molecule has 166 valence electrons. The Morgan fingerprint density at radius 3 is 2.56 bits per heavy atom. The van der Waals surface area contributed by atoms with Crippen LogP contribution in [0.4, 0.5) is 0 Å². The fourth-order valence-corrected chi connectivity index (χ4v) is 4.02. The van der Waals surface area contributed by atoms with Gasteiger partial charge in [-0.05, 0) is 56.0 Å². The molecule has 1 aromatic carbocycles. The number of aldehydes is 1. The highest BCUT2D eigenvalue weighted by molar-refractivity contribution is 6.07. The predicted molar refractivity (Wildman–Crippen MR) is 123 cm³/mol. The van der Waals surface area contributed by atoms with E-state index in [-0.39, 0.29) is 17.9 Å². The molecule has 5 N–H and O–H groups in total. The number of nitrogens with one attached hydrogen (secondary N) is 1. The van der Waals surface area contributed by atoms with Crippen LogP contribution in [0.15, 0.2) is 53.8 Å². The molecule has 0 aliphatic heterocycles. The van der Waals surface area contributed by atoms with Gasteiger partial charge in [0.05, 0.1) is 11.6 Å². The van der Waals surface area contributed by atoms with Crippen LogP contribution in [0.3, 0.4) is 0 Å². The lowest BCUT2D eigenvalue weighted by molar-refractivity contribution is 0.110. The molecule has 4 rings (SSSR count). The molecule has 1 aliphatic rings. The third-order valence-corrected chi connectivity index (χ3v) is 5.62. The van der Waals surface area contributed by atoms with Gasteiger partial charge >= 0.3 is 0 Å². The van der Waals surface area contributed by atoms with Gasteiger partial charge in [0, 0.05) is 30.9 Å². The van der Waals surface area contributed by atoms with Crippen molar-refractivity contribution < 1.29 is 9.53 Å². The van der Waals surface area contributed by atoms with Gasteiger partial charge in [-0.1, -0.05) is 6.07 Å². The Bertz CT molecular complexity index is 1090. The number of amidine groups is 1. The van der Waals surface area contributed by atoms with Crippen molar-refractivity contribution in [3.8, 4) is 22.9 Å². The zero-order valence-corrected chi connectivity index (χ0v) is 17.9. The van der Waals surface area contributed by atoms with Crippen LogP contribution in [0.25, 0.3) is 11.3 Å². The molecule has 1 aliphatic carbocycles. The molecule has 0 unspecified atom stereocenters. The van der Waals surface area contributed by atoms with Crippen LogP contribution in [0.2, 0.25) is 0 Å². The molecule has 9 nitrogen and oxygen atoms in total. The Morgan fingerprint density at radius 1 is 1.19 bits per heavy atom. The molecule has 3 aromatic rings. The van der Waals surface area contributed by atoms with Gasteiger partial charge in [0.15, 0.2) is 12.1 Å². The first-order valence-corrected chi connectivity index (χ1v) is 10.6. The summed E-state index contributed by atoms with van der Waals surface area (Å²) >= 11 is 0. The van der Waals surface area contributed by atoms with Crippen LogP contribution < -0.4 is 21.6 Å². The average molecular weight is 434 g/mol. The Labute approximate surface area is 186 Å². The second kappa shape index (κ2) is 9.61. The minimum absolute atomic E-state index is 0.0941. The molecule has 0 saturated heterocycles. The van der Waals surface area contributed by atoms with Gasteiger partial charge < -0.3 is 21.6 Å². The van der Waals surface area contributed by atoms with Crippen molar-refractivity contribution in [1.82, 2.24) is 20.2 Å². The summed E-state index contributed by atoms with van der Waals surface area (Å²) in [6.07, 6.45) is 5.99. The lowest BCUT2D eigenvalue weighted by atomic mass is 9.92. The molecule has 0 bridgehead atoms. The van der Waals surface area contributed by atoms with Crippen molar-refractivity contribution in [2.45, 2.75) is 37.8 Å². The molecule has 0 amide bonds. The van der Waals surface area contributed by atoms with Crippen LogP contribution in [0, 0.1) is 0 Å². The number of hydrogen-bond acceptors (Lipinski definition) is 7. The summed E-state index contributed by atoms with van der Waals surface area (Å²) in [6.45, 7) is 0. The van der Waals surface area contributed by atoms with Gasteiger partial charge in [-0.25, -0.2) is 4.98 Å². The summed E-state index contributed by atoms with van der Waals surface area (Å²) in [5.41, 5.74) is 17.3. The molecule has 1 fully saturated rings. The normalized spacial score (nSPS) is 18.9. The number of benzene rings is 1. The first-order chi connectivity index (χ1) is 15.6. The summed E-state index contributed by atoms with van der Waals surface area (Å²) in [5.74, 6) is 1.36. The molecule has 0 spiro atoms. The topological polar surface area (TPSA) is 133 Å². The van der Waals surface area contributed by atoms with Gasteiger partial charge in [-0.15, -0.1) is 0 Å². The summed E-state index contributed by atoms with van der Waals surface area (Å²) in [6, 6.07) is 13.2. The van der Waals surface area contributed by atoms with Crippen LogP contribution in [0.5, 0.6) is 11.6 Å². The first kappa shape index (κ1) is 21.5. The van der Waals surface area contributed by atoms with Crippen molar-refractivity contribution in [3.05, 3.63) is 59.9 Å². The maximum atomic E-state index is 12.1. The van der Waals surface area contributed by atoms with Gasteiger partial charge in [0.2, 0.25) is 5.88 Å². The number of rotatable bonds is 7. The third-order valence-electron chi connectivity index (χ3n) is 5.62. The van der Waals surface area contributed by atoms with Crippen molar-refractivity contribution in [2.24, 2.45) is 16.6 Å². The molecule has 2 aromatic heterocycles. The fourth-order valence-electron chi connectivity index (χ4n) is 4.02. The van der Waals surface area contributed by atoms with E-state index in [1.165, 1.54) is 0 Å². The maximum Gasteiger partial charge on any atom is 0.219 e. The first-order valence-electron chi connectivity index (χ1n) is 10.6. The SMILES string of the molecule is CN/N=C(/N)c1c(-c2ccc(Oc3ccccn3)cc2)nn(C2CCC(N)CC2)c1C=O. The molecule has 9 heteroatoms. The number of hydrazone groups is 1. The number of nitrogens with two attached hydrogens (primary N) is 2. The molecular weight excluding hydrogens is 406 g/mol. The number of ether oxygens (including phenoxy) is 1. The minimum atomic E-state index is 0.0941. The molecule has 0 atom stereocenters. The highest BCUT2D eigenvalue weighted by Gasteiger charge is 2.28. The smallest absolute Gasteiger partial charge is 0.219 e. The molecule has 1 saturated carbocycles. The van der Waals surface area contributed by atoms with Crippen LogP contribution >= 0.6 is 0 Å². The largest absolute Gasteiger partial charge is 0.439 e. The Balaban J connectivity index is 1.72. The zero-order chi connectivity index (χ0) is 22.5. The quantitative estimate of drug-likeness (QED) is 0.226. The molecule has 0 radical (unpaired) electrons. The number of pyridine rings is 1. The monoisotopic (exact) mass is 433 g/mol. The maximum absolute atomic E-state index is 12.1. The van der Waals surface area contributed by atoms with Crippen molar-refractivity contribution >= 4 is 12.1 Å². The third kappa shape index (κ3) is 4.47. The number of aromatic nitrogens is 3. The van der Waals surface area contributed by atoms with E-state index >= 15 is 0 Å². The van der Waals surface area contributed by atoms with Gasteiger partial charge in [-0.2, -0.15) is 10.2 Å². The van der Waals surface area contributed by atoms with Crippen molar-refractivity contribution in [2.75, 3.05) is 7.05 Å². The second-order valence-electron chi connectivity index (χ2n) is 7.75. The zero-order valence-electron chi connectivity index (χ0n) is 17.9. The van der Waals surface area contributed by atoms with E-state index in [0.717, 1.165) is 37.5 Å². The average Bonchev–Trinajstić information content (AvgIpc) is 3.21. The summed E-state index contributed by atoms with van der Waals surface area (Å²) < 4.78 is 7.57. The number of nitrogens with zero attached hydrogens (tertiary/aromatic N) is 4. The van der Waals surface area contributed by atoms with Crippen molar-refractivity contribution in [3.63, 3.8) is 0 Å².